The Labute approximate surface area is 135 Å². The molecule has 0 radical (unpaired) electrons. The van der Waals surface area contributed by atoms with Crippen LogP contribution in [0.2, 0.25) is 0 Å². The summed E-state index contributed by atoms with van der Waals surface area (Å²) in [6.45, 7) is 11.0. The van der Waals surface area contributed by atoms with Crippen LogP contribution in [0, 0.1) is 5.41 Å². The molecule has 0 saturated heterocycles. The van der Waals surface area contributed by atoms with Crippen LogP contribution < -0.4 is 0 Å². The average Bonchev–Trinajstić information content (AvgIpc) is 2.36. The summed E-state index contributed by atoms with van der Waals surface area (Å²) in [5.41, 5.74) is 5.65. The summed E-state index contributed by atoms with van der Waals surface area (Å²) in [5, 5.41) is 8.66. The van der Waals surface area contributed by atoms with Gasteiger partial charge in [0.1, 0.15) is 0 Å². The van der Waals surface area contributed by atoms with Crippen LogP contribution in [0.1, 0.15) is 66.7 Å². The summed E-state index contributed by atoms with van der Waals surface area (Å²) in [7, 11) is 0. The average molecular weight is 302 g/mol. The summed E-state index contributed by atoms with van der Waals surface area (Å²) in [6.07, 6.45) is 13.2. The van der Waals surface area contributed by atoms with E-state index >= 15 is 0 Å². The molecule has 0 heterocycles. The fourth-order valence-electron chi connectivity index (χ4n) is 3.24. The lowest BCUT2D eigenvalue weighted by Crippen LogP contribution is -2.20. The highest BCUT2D eigenvalue weighted by Crippen LogP contribution is 2.42. The van der Waals surface area contributed by atoms with Crippen molar-refractivity contribution in [3.05, 3.63) is 46.6 Å². The standard InChI is InChI=1S/C20H30O2/c1-15(8-6-9-16(2)14-19(21)22)11-12-18-17(3)10-7-13-20(18,4)5/h6,8-9,14H,7,10-13H2,1-5H3,(H,21,22)/b9-6+,15-8+,16-14+. The fourth-order valence-corrected chi connectivity index (χ4v) is 3.24. The second-order valence-electron chi connectivity index (χ2n) is 7.10. The van der Waals surface area contributed by atoms with Crippen molar-refractivity contribution in [3.63, 3.8) is 0 Å². The van der Waals surface area contributed by atoms with Crippen LogP contribution in [0.3, 0.4) is 0 Å². The van der Waals surface area contributed by atoms with E-state index in [9.17, 15) is 4.79 Å². The molecule has 0 aromatic rings. The van der Waals surface area contributed by atoms with Gasteiger partial charge in [-0.25, -0.2) is 4.79 Å². The molecule has 1 aliphatic carbocycles. The molecule has 0 aromatic heterocycles. The van der Waals surface area contributed by atoms with E-state index < -0.39 is 5.97 Å². The van der Waals surface area contributed by atoms with E-state index in [0.29, 0.717) is 5.41 Å². The van der Waals surface area contributed by atoms with Crippen molar-refractivity contribution in [2.75, 3.05) is 0 Å². The van der Waals surface area contributed by atoms with E-state index in [-0.39, 0.29) is 0 Å². The highest BCUT2D eigenvalue weighted by Gasteiger charge is 2.27. The molecule has 0 spiro atoms. The first-order chi connectivity index (χ1) is 10.2. The summed E-state index contributed by atoms with van der Waals surface area (Å²) in [6, 6.07) is 0. The van der Waals surface area contributed by atoms with Gasteiger partial charge in [0.15, 0.2) is 0 Å². The molecule has 22 heavy (non-hydrogen) atoms. The molecule has 1 N–H and O–H groups in total. The highest BCUT2D eigenvalue weighted by molar-refractivity contribution is 5.81. The van der Waals surface area contributed by atoms with Gasteiger partial charge in [-0.2, -0.15) is 0 Å². The van der Waals surface area contributed by atoms with Crippen molar-refractivity contribution in [2.45, 2.75) is 66.7 Å². The molecule has 122 valence electrons. The number of carbonyl (C=O) groups is 1. The normalized spacial score (nSPS) is 19.9. The van der Waals surface area contributed by atoms with Crippen LogP contribution in [0.5, 0.6) is 0 Å². The minimum Gasteiger partial charge on any atom is -0.478 e. The van der Waals surface area contributed by atoms with Gasteiger partial charge in [0.05, 0.1) is 0 Å². The molecule has 0 aliphatic heterocycles. The zero-order valence-corrected chi connectivity index (χ0v) is 14.7. The van der Waals surface area contributed by atoms with Gasteiger partial charge in [-0.3, -0.25) is 0 Å². The third kappa shape index (κ3) is 6.05. The quantitative estimate of drug-likeness (QED) is 0.381. The lowest BCUT2D eigenvalue weighted by Gasteiger charge is -2.34. The second kappa shape index (κ2) is 8.17. The van der Waals surface area contributed by atoms with E-state index in [1.165, 1.54) is 30.9 Å². The Morgan fingerprint density at radius 1 is 1.32 bits per heavy atom. The molecule has 0 amide bonds. The number of carboxylic acid groups (broad SMARTS) is 1. The number of aliphatic carboxylic acids is 1. The summed E-state index contributed by atoms with van der Waals surface area (Å²) < 4.78 is 0. The van der Waals surface area contributed by atoms with E-state index in [2.05, 4.69) is 33.8 Å². The monoisotopic (exact) mass is 302 g/mol. The van der Waals surface area contributed by atoms with Crippen LogP contribution in [-0.4, -0.2) is 11.1 Å². The minimum atomic E-state index is -0.898. The Hall–Kier alpha value is -1.57. The van der Waals surface area contributed by atoms with E-state index in [4.69, 9.17) is 5.11 Å². The van der Waals surface area contributed by atoms with Gasteiger partial charge in [-0.1, -0.05) is 48.8 Å². The van der Waals surface area contributed by atoms with Gasteiger partial charge < -0.3 is 5.11 Å². The molecule has 0 atom stereocenters. The van der Waals surface area contributed by atoms with Crippen LogP contribution in [0.25, 0.3) is 0 Å². The summed E-state index contributed by atoms with van der Waals surface area (Å²) in [4.78, 5) is 10.5. The molecule has 2 heteroatoms. The van der Waals surface area contributed by atoms with Crippen molar-refractivity contribution in [2.24, 2.45) is 5.41 Å². The first-order valence-corrected chi connectivity index (χ1v) is 8.16. The molecular formula is C20H30O2. The number of rotatable bonds is 6. The maximum absolute atomic E-state index is 10.5. The molecule has 0 fully saturated rings. The second-order valence-corrected chi connectivity index (χ2v) is 7.10. The molecule has 1 aliphatic rings. The SMILES string of the molecule is CC1=C(CC/C(C)=C/C=C/C(C)=C/C(=O)O)C(C)(C)CCC1. The molecule has 0 bridgehead atoms. The highest BCUT2D eigenvalue weighted by atomic mass is 16.4. The fraction of sp³-hybridized carbons (Fsp3) is 0.550. The summed E-state index contributed by atoms with van der Waals surface area (Å²) in [5.74, 6) is -0.898. The zero-order chi connectivity index (χ0) is 16.8. The van der Waals surface area contributed by atoms with Crippen molar-refractivity contribution in [3.8, 4) is 0 Å². The van der Waals surface area contributed by atoms with Gasteiger partial charge in [0, 0.05) is 6.08 Å². The molecule has 0 saturated carbocycles. The van der Waals surface area contributed by atoms with Crippen LogP contribution in [0.15, 0.2) is 46.6 Å². The number of hydrogen-bond donors (Lipinski definition) is 1. The third-order valence-corrected chi connectivity index (χ3v) is 4.55. The molecule has 0 unspecified atom stereocenters. The molecular weight excluding hydrogens is 272 g/mol. The van der Waals surface area contributed by atoms with Crippen molar-refractivity contribution in [1.29, 1.82) is 0 Å². The third-order valence-electron chi connectivity index (χ3n) is 4.55. The molecule has 0 aromatic carbocycles. The first-order valence-electron chi connectivity index (χ1n) is 8.16. The van der Waals surface area contributed by atoms with Gasteiger partial charge in [0.2, 0.25) is 0 Å². The van der Waals surface area contributed by atoms with Gasteiger partial charge >= 0.3 is 5.97 Å². The zero-order valence-electron chi connectivity index (χ0n) is 14.7. The smallest absolute Gasteiger partial charge is 0.328 e. The Kier molecular flexibility index (Phi) is 6.86. The lowest BCUT2D eigenvalue weighted by molar-refractivity contribution is -0.131. The van der Waals surface area contributed by atoms with Crippen molar-refractivity contribution < 1.29 is 9.90 Å². The number of carboxylic acids is 1. The summed E-state index contributed by atoms with van der Waals surface area (Å²) >= 11 is 0. The predicted molar refractivity (Wildman–Crippen MR) is 93.9 cm³/mol. The number of allylic oxidation sites excluding steroid dienone is 7. The van der Waals surface area contributed by atoms with E-state index in [1.807, 2.05) is 12.2 Å². The topological polar surface area (TPSA) is 37.3 Å². The van der Waals surface area contributed by atoms with Crippen LogP contribution >= 0.6 is 0 Å². The maximum atomic E-state index is 10.5. The minimum absolute atomic E-state index is 0.346. The van der Waals surface area contributed by atoms with Gasteiger partial charge in [0.25, 0.3) is 0 Å². The lowest BCUT2D eigenvalue weighted by atomic mass is 9.71. The Bertz CT molecular complexity index is 528. The van der Waals surface area contributed by atoms with E-state index in [1.54, 1.807) is 18.1 Å². The maximum Gasteiger partial charge on any atom is 0.328 e. The Morgan fingerprint density at radius 2 is 2.00 bits per heavy atom. The Balaban J connectivity index is 2.62. The predicted octanol–water partition coefficient (Wildman–Crippen LogP) is 5.83. The molecule has 1 rings (SSSR count). The van der Waals surface area contributed by atoms with Crippen LogP contribution in [0.4, 0.5) is 0 Å². The van der Waals surface area contributed by atoms with Gasteiger partial charge in [-0.05, 0) is 63.9 Å². The molecule has 2 nitrogen and oxygen atoms in total. The van der Waals surface area contributed by atoms with Crippen molar-refractivity contribution in [1.82, 2.24) is 0 Å². The number of hydrogen-bond acceptors (Lipinski definition) is 1. The van der Waals surface area contributed by atoms with Crippen molar-refractivity contribution >= 4 is 5.97 Å². The van der Waals surface area contributed by atoms with Gasteiger partial charge in [-0.15, -0.1) is 0 Å². The Morgan fingerprint density at radius 3 is 2.59 bits per heavy atom. The van der Waals surface area contributed by atoms with E-state index in [0.717, 1.165) is 18.4 Å². The largest absolute Gasteiger partial charge is 0.478 e. The van der Waals surface area contributed by atoms with Crippen LogP contribution in [-0.2, 0) is 4.79 Å². The first kappa shape index (κ1) is 18.5.